The van der Waals surface area contributed by atoms with Gasteiger partial charge in [-0.15, -0.1) is 0 Å². The third kappa shape index (κ3) is 3.35. The van der Waals surface area contributed by atoms with Gasteiger partial charge in [0.05, 0.1) is 11.4 Å². The Hall–Kier alpha value is -1.29. The number of nitrogens with zero attached hydrogens (tertiary/aromatic N) is 2. The smallest absolute Gasteiger partial charge is 0.128 e. The van der Waals surface area contributed by atoms with Crippen LogP contribution in [0.15, 0.2) is 12.1 Å². The summed E-state index contributed by atoms with van der Waals surface area (Å²) in [7, 11) is 2.09. The zero-order chi connectivity index (χ0) is 13.0. The first-order chi connectivity index (χ1) is 8.66. The quantitative estimate of drug-likeness (QED) is 0.889. The zero-order valence-corrected chi connectivity index (χ0v) is 11.4. The average Bonchev–Trinajstić information content (AvgIpc) is 2.40. The number of aryl methyl sites for hydroxylation is 1. The van der Waals surface area contributed by atoms with E-state index in [0.717, 1.165) is 42.9 Å². The van der Waals surface area contributed by atoms with E-state index < -0.39 is 0 Å². The molecule has 0 unspecified atom stereocenters. The molecule has 2 heterocycles. The molecule has 1 aromatic heterocycles. The SMILES string of the molecule is Cc1nc(N(C)CCC2CCOCC2)ccc1N. The molecule has 1 fully saturated rings. The number of hydrogen-bond acceptors (Lipinski definition) is 4. The third-order valence-corrected chi connectivity index (χ3v) is 3.72. The summed E-state index contributed by atoms with van der Waals surface area (Å²) < 4.78 is 5.38. The van der Waals surface area contributed by atoms with Gasteiger partial charge in [0.1, 0.15) is 5.82 Å². The second kappa shape index (κ2) is 6.05. The number of hydrogen-bond donors (Lipinski definition) is 1. The monoisotopic (exact) mass is 249 g/mol. The summed E-state index contributed by atoms with van der Waals surface area (Å²) in [5.74, 6) is 1.81. The van der Waals surface area contributed by atoms with E-state index in [1.165, 1.54) is 19.3 Å². The fourth-order valence-corrected chi connectivity index (χ4v) is 2.30. The zero-order valence-electron chi connectivity index (χ0n) is 11.4. The number of ether oxygens (including phenoxy) is 1. The number of nitrogen functional groups attached to an aromatic ring is 1. The van der Waals surface area contributed by atoms with Crippen molar-refractivity contribution in [2.75, 3.05) is 37.4 Å². The Morgan fingerprint density at radius 3 is 2.78 bits per heavy atom. The molecule has 2 N–H and O–H groups in total. The van der Waals surface area contributed by atoms with Crippen LogP contribution in [0.4, 0.5) is 11.5 Å². The van der Waals surface area contributed by atoms with Crippen LogP contribution in [0.3, 0.4) is 0 Å². The highest BCUT2D eigenvalue weighted by molar-refractivity contribution is 5.49. The lowest BCUT2D eigenvalue weighted by Gasteiger charge is -2.25. The van der Waals surface area contributed by atoms with Gasteiger partial charge < -0.3 is 15.4 Å². The van der Waals surface area contributed by atoms with Crippen LogP contribution < -0.4 is 10.6 Å². The predicted octanol–water partition coefficient (Wildman–Crippen LogP) is 2.23. The van der Waals surface area contributed by atoms with Crippen molar-refractivity contribution in [1.82, 2.24) is 4.98 Å². The molecule has 18 heavy (non-hydrogen) atoms. The van der Waals surface area contributed by atoms with Gasteiger partial charge >= 0.3 is 0 Å². The fraction of sp³-hybridized carbons (Fsp3) is 0.643. The summed E-state index contributed by atoms with van der Waals surface area (Å²) in [6, 6.07) is 3.93. The first-order valence-electron chi connectivity index (χ1n) is 6.69. The van der Waals surface area contributed by atoms with E-state index in [1.807, 2.05) is 19.1 Å². The van der Waals surface area contributed by atoms with Crippen LogP contribution in [0.25, 0.3) is 0 Å². The molecule has 1 aromatic rings. The van der Waals surface area contributed by atoms with Gasteiger partial charge in [0, 0.05) is 26.8 Å². The molecule has 100 valence electrons. The van der Waals surface area contributed by atoms with Crippen LogP contribution in [-0.2, 0) is 4.74 Å². The summed E-state index contributed by atoms with van der Waals surface area (Å²) in [5, 5.41) is 0. The molecule has 2 rings (SSSR count). The van der Waals surface area contributed by atoms with Gasteiger partial charge in [-0.1, -0.05) is 0 Å². The molecule has 1 aliphatic heterocycles. The lowest BCUT2D eigenvalue weighted by Crippen LogP contribution is -2.25. The van der Waals surface area contributed by atoms with Crippen LogP contribution >= 0.6 is 0 Å². The highest BCUT2D eigenvalue weighted by Crippen LogP contribution is 2.20. The highest BCUT2D eigenvalue weighted by atomic mass is 16.5. The topological polar surface area (TPSA) is 51.4 Å². The van der Waals surface area contributed by atoms with Gasteiger partial charge in [-0.25, -0.2) is 4.98 Å². The molecule has 1 saturated heterocycles. The Morgan fingerprint density at radius 1 is 1.39 bits per heavy atom. The van der Waals surface area contributed by atoms with Crippen molar-refractivity contribution in [2.24, 2.45) is 5.92 Å². The van der Waals surface area contributed by atoms with Crippen molar-refractivity contribution < 1.29 is 4.74 Å². The number of anilines is 2. The van der Waals surface area contributed by atoms with E-state index in [-0.39, 0.29) is 0 Å². The van der Waals surface area contributed by atoms with Crippen molar-refractivity contribution >= 4 is 11.5 Å². The average molecular weight is 249 g/mol. The maximum atomic E-state index is 5.78. The van der Waals surface area contributed by atoms with Gasteiger partial charge in [0.25, 0.3) is 0 Å². The highest BCUT2D eigenvalue weighted by Gasteiger charge is 2.14. The Morgan fingerprint density at radius 2 is 2.11 bits per heavy atom. The van der Waals surface area contributed by atoms with Crippen molar-refractivity contribution in [3.63, 3.8) is 0 Å². The molecule has 0 aliphatic carbocycles. The second-order valence-electron chi connectivity index (χ2n) is 5.11. The molecular weight excluding hydrogens is 226 g/mol. The molecule has 0 radical (unpaired) electrons. The van der Waals surface area contributed by atoms with Crippen molar-refractivity contribution in [2.45, 2.75) is 26.2 Å². The van der Waals surface area contributed by atoms with Gasteiger partial charge in [-0.05, 0) is 44.2 Å². The normalized spacial score (nSPS) is 16.8. The Bertz CT molecular complexity index is 389. The standard InChI is InChI=1S/C14H23N3O/c1-11-13(15)3-4-14(16-11)17(2)8-5-12-6-9-18-10-7-12/h3-4,12H,5-10,15H2,1-2H3. The fourth-order valence-electron chi connectivity index (χ4n) is 2.30. The van der Waals surface area contributed by atoms with Gasteiger partial charge in [0.15, 0.2) is 0 Å². The molecule has 0 amide bonds. The number of pyridine rings is 1. The Kier molecular flexibility index (Phi) is 4.42. The predicted molar refractivity (Wildman–Crippen MR) is 74.8 cm³/mol. The maximum absolute atomic E-state index is 5.78. The summed E-state index contributed by atoms with van der Waals surface area (Å²) in [6.45, 7) is 4.84. The van der Waals surface area contributed by atoms with Crippen LogP contribution in [0, 0.1) is 12.8 Å². The van der Waals surface area contributed by atoms with Crippen LogP contribution in [-0.4, -0.2) is 31.8 Å². The van der Waals surface area contributed by atoms with Gasteiger partial charge in [0.2, 0.25) is 0 Å². The minimum absolute atomic E-state index is 0.761. The lowest BCUT2D eigenvalue weighted by atomic mass is 9.96. The molecule has 0 spiro atoms. The molecule has 0 atom stereocenters. The number of aromatic nitrogens is 1. The molecular formula is C14H23N3O. The van der Waals surface area contributed by atoms with Crippen molar-refractivity contribution in [3.05, 3.63) is 17.8 Å². The van der Waals surface area contributed by atoms with E-state index in [4.69, 9.17) is 10.5 Å². The minimum atomic E-state index is 0.761. The lowest BCUT2D eigenvalue weighted by molar-refractivity contribution is 0.0645. The van der Waals surface area contributed by atoms with Gasteiger partial charge in [-0.3, -0.25) is 0 Å². The van der Waals surface area contributed by atoms with Crippen LogP contribution in [0.2, 0.25) is 0 Å². The molecule has 0 saturated carbocycles. The summed E-state index contributed by atoms with van der Waals surface area (Å²) in [5.41, 5.74) is 7.45. The summed E-state index contributed by atoms with van der Waals surface area (Å²) in [4.78, 5) is 6.72. The minimum Gasteiger partial charge on any atom is -0.397 e. The summed E-state index contributed by atoms with van der Waals surface area (Å²) >= 11 is 0. The first-order valence-corrected chi connectivity index (χ1v) is 6.69. The first kappa shape index (κ1) is 13.1. The van der Waals surface area contributed by atoms with Crippen molar-refractivity contribution in [1.29, 1.82) is 0 Å². The molecule has 0 bridgehead atoms. The van der Waals surface area contributed by atoms with E-state index in [1.54, 1.807) is 0 Å². The molecule has 1 aliphatic rings. The van der Waals surface area contributed by atoms with Crippen molar-refractivity contribution in [3.8, 4) is 0 Å². The molecule has 0 aromatic carbocycles. The van der Waals surface area contributed by atoms with E-state index in [9.17, 15) is 0 Å². The molecule has 4 heteroatoms. The van der Waals surface area contributed by atoms with E-state index >= 15 is 0 Å². The third-order valence-electron chi connectivity index (χ3n) is 3.72. The Balaban J connectivity index is 1.86. The molecule has 4 nitrogen and oxygen atoms in total. The van der Waals surface area contributed by atoms with E-state index in [0.29, 0.717) is 0 Å². The van der Waals surface area contributed by atoms with Crippen LogP contribution in [0.5, 0.6) is 0 Å². The van der Waals surface area contributed by atoms with E-state index in [2.05, 4.69) is 16.9 Å². The second-order valence-corrected chi connectivity index (χ2v) is 5.11. The number of rotatable bonds is 4. The Labute approximate surface area is 109 Å². The van der Waals surface area contributed by atoms with Crippen LogP contribution in [0.1, 0.15) is 25.0 Å². The van der Waals surface area contributed by atoms with Gasteiger partial charge in [-0.2, -0.15) is 0 Å². The summed E-state index contributed by atoms with van der Waals surface area (Å²) in [6.07, 6.45) is 3.61. The maximum Gasteiger partial charge on any atom is 0.128 e. The number of nitrogens with two attached hydrogens (primary N) is 1. The largest absolute Gasteiger partial charge is 0.397 e.